The van der Waals surface area contributed by atoms with Crippen LogP contribution in [-0.2, 0) is 0 Å². The number of nitro benzene ring substituents is 1. The van der Waals surface area contributed by atoms with Crippen molar-refractivity contribution >= 4 is 38.9 Å². The number of carbonyl (C=O) groups excluding carboxylic acids is 1. The summed E-state index contributed by atoms with van der Waals surface area (Å²) in [6.45, 7) is 0. The molecule has 0 aliphatic rings. The molecule has 3 N–H and O–H groups in total. The van der Waals surface area contributed by atoms with E-state index in [4.69, 9.17) is 5.73 Å². The van der Waals surface area contributed by atoms with E-state index in [9.17, 15) is 14.9 Å². The lowest BCUT2D eigenvalue weighted by atomic mass is 10.2. The highest BCUT2D eigenvalue weighted by molar-refractivity contribution is 9.10. The molecule has 0 fully saturated rings. The fourth-order valence-corrected chi connectivity index (χ4v) is 2.12. The third-order valence-corrected chi connectivity index (χ3v) is 2.98. The Morgan fingerprint density at radius 1 is 1.20 bits per heavy atom. The van der Waals surface area contributed by atoms with Gasteiger partial charge in [-0.25, -0.2) is 0 Å². The van der Waals surface area contributed by atoms with Gasteiger partial charge in [-0.2, -0.15) is 0 Å². The third kappa shape index (κ3) is 3.33. The molecule has 2 rings (SSSR count). The van der Waals surface area contributed by atoms with Gasteiger partial charge in [0, 0.05) is 33.5 Å². The number of nitro groups is 1. The van der Waals surface area contributed by atoms with Crippen LogP contribution in [0, 0.1) is 10.1 Å². The molecule has 0 atom stereocenters. The summed E-state index contributed by atoms with van der Waals surface area (Å²) in [5.74, 6) is -0.341. The van der Waals surface area contributed by atoms with Crippen LogP contribution in [0.15, 0.2) is 46.9 Å². The number of amides is 1. The first kappa shape index (κ1) is 14.0. The summed E-state index contributed by atoms with van der Waals surface area (Å²) in [7, 11) is 0. The van der Waals surface area contributed by atoms with Crippen molar-refractivity contribution in [2.45, 2.75) is 0 Å². The van der Waals surface area contributed by atoms with Crippen molar-refractivity contribution in [1.82, 2.24) is 0 Å². The van der Waals surface area contributed by atoms with Gasteiger partial charge in [-0.15, -0.1) is 0 Å². The Morgan fingerprint density at radius 2 is 1.85 bits per heavy atom. The number of rotatable bonds is 3. The molecule has 0 radical (unpaired) electrons. The molecule has 2 aromatic rings. The van der Waals surface area contributed by atoms with Gasteiger partial charge in [0.25, 0.3) is 11.6 Å². The van der Waals surface area contributed by atoms with Crippen molar-refractivity contribution in [1.29, 1.82) is 0 Å². The molecule has 2 aromatic carbocycles. The van der Waals surface area contributed by atoms with E-state index in [2.05, 4.69) is 21.2 Å². The Hall–Kier alpha value is -2.41. The predicted molar refractivity (Wildman–Crippen MR) is 79.6 cm³/mol. The summed E-state index contributed by atoms with van der Waals surface area (Å²) in [5.41, 5.74) is 6.96. The maximum atomic E-state index is 12.0. The van der Waals surface area contributed by atoms with Crippen LogP contribution in [0.4, 0.5) is 17.1 Å². The number of halogens is 1. The van der Waals surface area contributed by atoms with Gasteiger partial charge in [0.2, 0.25) is 0 Å². The van der Waals surface area contributed by atoms with E-state index in [1.807, 2.05) is 0 Å². The minimum Gasteiger partial charge on any atom is -0.399 e. The monoisotopic (exact) mass is 335 g/mol. The number of nitrogens with zero attached hydrogens (tertiary/aromatic N) is 1. The van der Waals surface area contributed by atoms with Gasteiger partial charge in [0.15, 0.2) is 0 Å². The molecule has 7 heteroatoms. The Morgan fingerprint density at radius 3 is 2.40 bits per heavy atom. The Kier molecular flexibility index (Phi) is 3.99. The highest BCUT2D eigenvalue weighted by Gasteiger charge is 2.09. The van der Waals surface area contributed by atoms with E-state index in [1.54, 1.807) is 18.2 Å². The van der Waals surface area contributed by atoms with Crippen LogP contribution in [0.2, 0.25) is 0 Å². The smallest absolute Gasteiger partial charge is 0.269 e. The molecule has 0 saturated heterocycles. The zero-order chi connectivity index (χ0) is 14.7. The fraction of sp³-hybridized carbons (Fsp3) is 0. The second kappa shape index (κ2) is 5.70. The normalized spacial score (nSPS) is 10.1. The first-order valence-electron chi connectivity index (χ1n) is 5.57. The van der Waals surface area contributed by atoms with Crippen molar-refractivity contribution in [2.24, 2.45) is 0 Å². The predicted octanol–water partition coefficient (Wildman–Crippen LogP) is 3.19. The molecule has 0 heterocycles. The van der Waals surface area contributed by atoms with Crippen molar-refractivity contribution < 1.29 is 9.72 Å². The SMILES string of the molecule is Nc1cc(Br)cc(C(=O)Nc2ccc([N+](=O)[O-])cc2)c1. The first-order chi connectivity index (χ1) is 9.45. The largest absolute Gasteiger partial charge is 0.399 e. The van der Waals surface area contributed by atoms with Crippen LogP contribution < -0.4 is 11.1 Å². The Balaban J connectivity index is 2.16. The highest BCUT2D eigenvalue weighted by Crippen LogP contribution is 2.20. The molecule has 20 heavy (non-hydrogen) atoms. The van der Waals surface area contributed by atoms with Gasteiger partial charge in [0.1, 0.15) is 0 Å². The minimum absolute atomic E-state index is 0.0327. The van der Waals surface area contributed by atoms with E-state index in [1.165, 1.54) is 24.3 Å². The zero-order valence-corrected chi connectivity index (χ0v) is 11.8. The maximum Gasteiger partial charge on any atom is 0.269 e. The summed E-state index contributed by atoms with van der Waals surface area (Å²) in [6, 6.07) is 10.5. The Bertz CT molecular complexity index is 651. The fourth-order valence-electron chi connectivity index (χ4n) is 1.61. The van der Waals surface area contributed by atoms with Crippen molar-refractivity contribution in [2.75, 3.05) is 11.1 Å². The number of hydrogen-bond donors (Lipinski definition) is 2. The number of anilines is 2. The zero-order valence-electron chi connectivity index (χ0n) is 10.2. The highest BCUT2D eigenvalue weighted by atomic mass is 79.9. The number of nitrogen functional groups attached to an aromatic ring is 1. The van der Waals surface area contributed by atoms with Crippen LogP contribution in [0.25, 0.3) is 0 Å². The molecule has 6 nitrogen and oxygen atoms in total. The number of carbonyl (C=O) groups is 1. The lowest BCUT2D eigenvalue weighted by molar-refractivity contribution is -0.384. The number of benzene rings is 2. The van der Waals surface area contributed by atoms with Gasteiger partial charge in [-0.05, 0) is 30.3 Å². The van der Waals surface area contributed by atoms with E-state index < -0.39 is 4.92 Å². The molecule has 1 amide bonds. The summed E-state index contributed by atoms with van der Waals surface area (Å²) >= 11 is 3.26. The van der Waals surface area contributed by atoms with Crippen LogP contribution in [0.1, 0.15) is 10.4 Å². The number of nitrogens with two attached hydrogens (primary N) is 1. The van der Waals surface area contributed by atoms with Gasteiger partial charge in [-0.3, -0.25) is 14.9 Å². The number of nitrogens with one attached hydrogen (secondary N) is 1. The van der Waals surface area contributed by atoms with Crippen LogP contribution in [0.5, 0.6) is 0 Å². The Labute approximate surface area is 122 Å². The quantitative estimate of drug-likeness (QED) is 0.511. The lowest BCUT2D eigenvalue weighted by Crippen LogP contribution is -2.12. The lowest BCUT2D eigenvalue weighted by Gasteiger charge is -2.06. The first-order valence-corrected chi connectivity index (χ1v) is 6.37. The van der Waals surface area contributed by atoms with Crippen LogP contribution in [0.3, 0.4) is 0 Å². The summed E-state index contributed by atoms with van der Waals surface area (Å²) in [4.78, 5) is 22.0. The van der Waals surface area contributed by atoms with E-state index in [0.717, 1.165) is 0 Å². The van der Waals surface area contributed by atoms with E-state index in [0.29, 0.717) is 21.4 Å². The molecule has 102 valence electrons. The topological polar surface area (TPSA) is 98.3 Å². The number of hydrogen-bond acceptors (Lipinski definition) is 4. The average molecular weight is 336 g/mol. The second-order valence-electron chi connectivity index (χ2n) is 4.03. The van der Waals surface area contributed by atoms with Crippen LogP contribution in [-0.4, -0.2) is 10.8 Å². The molecule has 0 aliphatic heterocycles. The van der Waals surface area contributed by atoms with Crippen molar-refractivity contribution in [3.8, 4) is 0 Å². The molecule has 0 aromatic heterocycles. The molecule has 0 saturated carbocycles. The average Bonchev–Trinajstić information content (AvgIpc) is 2.38. The van der Waals surface area contributed by atoms with E-state index in [-0.39, 0.29) is 11.6 Å². The van der Waals surface area contributed by atoms with Gasteiger partial charge >= 0.3 is 0 Å². The molecule has 0 unspecified atom stereocenters. The van der Waals surface area contributed by atoms with Crippen LogP contribution >= 0.6 is 15.9 Å². The number of non-ortho nitro benzene ring substituents is 1. The molecular weight excluding hydrogens is 326 g/mol. The molecule has 0 spiro atoms. The van der Waals surface area contributed by atoms with Gasteiger partial charge in [-0.1, -0.05) is 15.9 Å². The molecule has 0 aliphatic carbocycles. The van der Waals surface area contributed by atoms with Gasteiger partial charge < -0.3 is 11.1 Å². The van der Waals surface area contributed by atoms with Crippen molar-refractivity contribution in [3.63, 3.8) is 0 Å². The van der Waals surface area contributed by atoms with Crippen molar-refractivity contribution in [3.05, 3.63) is 62.6 Å². The maximum absolute atomic E-state index is 12.0. The van der Waals surface area contributed by atoms with Gasteiger partial charge in [0.05, 0.1) is 4.92 Å². The minimum atomic E-state index is -0.499. The third-order valence-electron chi connectivity index (χ3n) is 2.52. The summed E-state index contributed by atoms with van der Waals surface area (Å²) < 4.78 is 0.700. The standard InChI is InChI=1S/C13H10BrN3O3/c14-9-5-8(6-10(15)7-9)13(18)16-11-1-3-12(4-2-11)17(19)20/h1-7H,15H2,(H,16,18). The second-order valence-corrected chi connectivity index (χ2v) is 4.95. The van der Waals surface area contributed by atoms with E-state index >= 15 is 0 Å². The molecular formula is C13H10BrN3O3. The summed E-state index contributed by atoms with van der Waals surface area (Å²) in [5, 5.41) is 13.2. The summed E-state index contributed by atoms with van der Waals surface area (Å²) in [6.07, 6.45) is 0. The molecule has 0 bridgehead atoms.